The number of amides is 1. The number of hydrogen-bond donors (Lipinski definition) is 0. The summed E-state index contributed by atoms with van der Waals surface area (Å²) in [6.45, 7) is -0.235. The molecule has 0 aromatic heterocycles. The molecule has 1 atom stereocenters. The summed E-state index contributed by atoms with van der Waals surface area (Å²) < 4.78 is 15.6. The topological polar surface area (TPSA) is 99.2 Å². The fourth-order valence-corrected chi connectivity index (χ4v) is 3.69. The van der Waals surface area contributed by atoms with Crippen LogP contribution in [-0.4, -0.2) is 43.9 Å². The van der Waals surface area contributed by atoms with Gasteiger partial charge in [0.2, 0.25) is 5.91 Å². The highest BCUT2D eigenvalue weighted by atomic mass is 16.5. The molecule has 1 saturated heterocycles. The number of para-hydroxylation sites is 1. The van der Waals surface area contributed by atoms with Crippen LogP contribution in [0, 0.1) is 5.92 Å². The van der Waals surface area contributed by atoms with E-state index in [-0.39, 0.29) is 24.6 Å². The van der Waals surface area contributed by atoms with Gasteiger partial charge in [-0.15, -0.1) is 0 Å². The minimum Gasteiger partial charge on any atom is -0.497 e. The van der Waals surface area contributed by atoms with E-state index < -0.39 is 30.2 Å². The van der Waals surface area contributed by atoms with Crippen molar-refractivity contribution in [3.05, 3.63) is 90.0 Å². The van der Waals surface area contributed by atoms with Crippen LogP contribution in [0.5, 0.6) is 11.5 Å². The van der Waals surface area contributed by atoms with Crippen LogP contribution in [0.1, 0.15) is 27.1 Å². The zero-order valence-corrected chi connectivity index (χ0v) is 19.0. The molecule has 8 nitrogen and oxygen atoms in total. The first-order chi connectivity index (χ1) is 16.9. The average molecular weight is 473 g/mol. The zero-order chi connectivity index (χ0) is 24.8. The standard InChI is InChI=1S/C27H23NO7/c1-33-23-9-5-6-19(14-23)27(32)35-22-12-10-18(11-13-22)24(29)17-34-26(31)20-15-25(30)28(16-20)21-7-3-2-4-8-21/h2-14,20H,15-17H2,1H3. The molecule has 1 heterocycles. The Kier molecular flexibility index (Phi) is 7.21. The lowest BCUT2D eigenvalue weighted by Crippen LogP contribution is -2.27. The number of anilines is 1. The summed E-state index contributed by atoms with van der Waals surface area (Å²) in [6, 6.07) is 21.6. The second kappa shape index (κ2) is 10.6. The maximum absolute atomic E-state index is 12.5. The van der Waals surface area contributed by atoms with Crippen LogP contribution < -0.4 is 14.4 Å². The summed E-state index contributed by atoms with van der Waals surface area (Å²) in [5, 5.41) is 0. The number of benzene rings is 3. The molecule has 8 heteroatoms. The third-order valence-corrected chi connectivity index (χ3v) is 5.56. The number of hydrogen-bond acceptors (Lipinski definition) is 7. The number of ketones is 1. The van der Waals surface area contributed by atoms with Crippen LogP contribution >= 0.6 is 0 Å². The second-order valence-corrected chi connectivity index (χ2v) is 7.92. The number of carbonyl (C=O) groups is 4. The molecule has 0 aliphatic carbocycles. The summed E-state index contributed by atoms with van der Waals surface area (Å²) >= 11 is 0. The van der Waals surface area contributed by atoms with Crippen molar-refractivity contribution in [3.8, 4) is 11.5 Å². The Hall–Kier alpha value is -4.46. The van der Waals surface area contributed by atoms with Crippen LogP contribution in [0.4, 0.5) is 5.69 Å². The lowest BCUT2D eigenvalue weighted by Gasteiger charge is -2.16. The van der Waals surface area contributed by atoms with Gasteiger partial charge >= 0.3 is 11.9 Å². The van der Waals surface area contributed by atoms with E-state index >= 15 is 0 Å². The first-order valence-electron chi connectivity index (χ1n) is 11.0. The molecule has 178 valence electrons. The fraction of sp³-hybridized carbons (Fsp3) is 0.185. The Bertz CT molecular complexity index is 1240. The largest absolute Gasteiger partial charge is 0.497 e. The van der Waals surface area contributed by atoms with Gasteiger partial charge in [0.15, 0.2) is 12.4 Å². The third-order valence-electron chi connectivity index (χ3n) is 5.56. The summed E-state index contributed by atoms with van der Waals surface area (Å²) in [6.07, 6.45) is 0.0370. The van der Waals surface area contributed by atoms with E-state index in [0.717, 1.165) is 5.69 Å². The van der Waals surface area contributed by atoms with Crippen LogP contribution in [0.3, 0.4) is 0 Å². The molecule has 0 N–H and O–H groups in total. The molecule has 0 bridgehead atoms. The number of carbonyl (C=O) groups excluding carboxylic acids is 4. The van der Waals surface area contributed by atoms with Gasteiger partial charge in [-0.05, 0) is 54.6 Å². The van der Waals surface area contributed by atoms with Gasteiger partial charge in [0.25, 0.3) is 0 Å². The zero-order valence-electron chi connectivity index (χ0n) is 19.0. The van der Waals surface area contributed by atoms with E-state index in [0.29, 0.717) is 16.9 Å². The van der Waals surface area contributed by atoms with E-state index in [9.17, 15) is 19.2 Å². The lowest BCUT2D eigenvalue weighted by molar-refractivity contribution is -0.147. The summed E-state index contributed by atoms with van der Waals surface area (Å²) in [5.41, 5.74) is 1.34. The molecule has 1 unspecified atom stereocenters. The van der Waals surface area contributed by atoms with Gasteiger partial charge in [0.1, 0.15) is 11.5 Å². The number of rotatable bonds is 8. The lowest BCUT2D eigenvalue weighted by atomic mass is 10.1. The van der Waals surface area contributed by atoms with Crippen molar-refractivity contribution >= 4 is 29.3 Å². The van der Waals surface area contributed by atoms with Gasteiger partial charge in [-0.1, -0.05) is 24.3 Å². The summed E-state index contributed by atoms with van der Waals surface area (Å²) in [7, 11) is 1.50. The Labute approximate surface area is 202 Å². The van der Waals surface area contributed by atoms with Crippen LogP contribution in [0.25, 0.3) is 0 Å². The quantitative estimate of drug-likeness (QED) is 0.279. The first kappa shape index (κ1) is 23.7. The van der Waals surface area contributed by atoms with Gasteiger partial charge < -0.3 is 19.1 Å². The molecule has 0 saturated carbocycles. The Morgan fingerprint density at radius 1 is 0.886 bits per heavy atom. The van der Waals surface area contributed by atoms with E-state index in [2.05, 4.69) is 0 Å². The van der Waals surface area contributed by atoms with Crippen molar-refractivity contribution in [2.45, 2.75) is 6.42 Å². The molecule has 1 fully saturated rings. The van der Waals surface area contributed by atoms with E-state index in [4.69, 9.17) is 14.2 Å². The average Bonchev–Trinajstić information content (AvgIpc) is 3.29. The normalized spacial score (nSPS) is 14.9. The van der Waals surface area contributed by atoms with Gasteiger partial charge in [0.05, 0.1) is 18.6 Å². The molecule has 1 aliphatic rings. The molecule has 1 aliphatic heterocycles. The monoisotopic (exact) mass is 473 g/mol. The molecular formula is C27H23NO7. The third kappa shape index (κ3) is 5.73. The minimum absolute atomic E-state index is 0.0370. The molecule has 3 aromatic carbocycles. The molecule has 4 rings (SSSR count). The van der Waals surface area contributed by atoms with Crippen LogP contribution in [0.2, 0.25) is 0 Å². The highest BCUT2D eigenvalue weighted by Gasteiger charge is 2.36. The number of nitrogens with zero attached hydrogens (tertiary/aromatic N) is 1. The van der Waals surface area contributed by atoms with E-state index in [1.807, 2.05) is 18.2 Å². The Morgan fingerprint density at radius 3 is 2.34 bits per heavy atom. The summed E-state index contributed by atoms with van der Waals surface area (Å²) in [5.74, 6) is -1.56. The minimum atomic E-state index is -0.631. The number of Topliss-reactive ketones (excluding diaryl/α,β-unsaturated/α-hetero) is 1. The summed E-state index contributed by atoms with van der Waals surface area (Å²) in [4.78, 5) is 51.0. The van der Waals surface area contributed by atoms with Gasteiger partial charge in [-0.2, -0.15) is 0 Å². The molecule has 0 radical (unpaired) electrons. The smallest absolute Gasteiger partial charge is 0.343 e. The number of esters is 2. The van der Waals surface area contributed by atoms with Crippen molar-refractivity contribution < 1.29 is 33.4 Å². The fourth-order valence-electron chi connectivity index (χ4n) is 3.69. The maximum Gasteiger partial charge on any atom is 0.343 e. The predicted octanol–water partition coefficient (Wildman–Crippen LogP) is 3.69. The molecule has 1 amide bonds. The van der Waals surface area contributed by atoms with Crippen LogP contribution in [-0.2, 0) is 14.3 Å². The number of ether oxygens (including phenoxy) is 3. The highest BCUT2D eigenvalue weighted by Crippen LogP contribution is 2.25. The maximum atomic E-state index is 12.5. The van der Waals surface area contributed by atoms with Gasteiger partial charge in [-0.25, -0.2) is 4.79 Å². The van der Waals surface area contributed by atoms with Gasteiger partial charge in [-0.3, -0.25) is 14.4 Å². The van der Waals surface area contributed by atoms with E-state index in [1.165, 1.54) is 31.4 Å². The van der Waals surface area contributed by atoms with Crippen molar-refractivity contribution in [1.82, 2.24) is 0 Å². The van der Waals surface area contributed by atoms with Crippen molar-refractivity contribution in [1.29, 1.82) is 0 Å². The first-order valence-corrected chi connectivity index (χ1v) is 11.0. The number of methoxy groups -OCH3 is 1. The molecule has 3 aromatic rings. The highest BCUT2D eigenvalue weighted by molar-refractivity contribution is 6.01. The SMILES string of the molecule is COc1cccc(C(=O)Oc2ccc(C(=O)COC(=O)C3CC(=O)N(c4ccccc4)C3)cc2)c1. The molecule has 35 heavy (non-hydrogen) atoms. The predicted molar refractivity (Wildman–Crippen MR) is 127 cm³/mol. The second-order valence-electron chi connectivity index (χ2n) is 7.92. The van der Waals surface area contributed by atoms with Crippen molar-refractivity contribution in [2.75, 3.05) is 25.2 Å². The van der Waals surface area contributed by atoms with E-state index in [1.54, 1.807) is 41.3 Å². The van der Waals surface area contributed by atoms with Crippen molar-refractivity contribution in [2.24, 2.45) is 5.92 Å². The van der Waals surface area contributed by atoms with Crippen LogP contribution in [0.15, 0.2) is 78.9 Å². The van der Waals surface area contributed by atoms with Crippen molar-refractivity contribution in [3.63, 3.8) is 0 Å². The molecular weight excluding hydrogens is 450 g/mol. The Morgan fingerprint density at radius 2 is 1.63 bits per heavy atom. The van der Waals surface area contributed by atoms with Gasteiger partial charge in [0, 0.05) is 24.2 Å². The molecule has 0 spiro atoms. The Balaban J connectivity index is 1.29.